The number of hydrogen-bond donors (Lipinski definition) is 0. The fraction of sp³-hybridized carbons (Fsp3) is 1.00. The minimum atomic E-state index is -0.440. The van der Waals surface area contributed by atoms with Gasteiger partial charge in [-0.1, -0.05) is 74.6 Å². The standard InChI is InChI=1S/C7H15O.2C4H9.Al/c1-3-4-5-6-7-8-2;2*1-4(2)3;/h1,3-7H2,2H3;2*4H,1H2,2-3H3;. The lowest BCUT2D eigenvalue weighted by atomic mass is 10.2. The molecule has 0 fully saturated rings. The first kappa shape index (κ1) is 17.5. The summed E-state index contributed by atoms with van der Waals surface area (Å²) in [7, 11) is 1.80. The average molecular weight is 256 g/mol. The summed E-state index contributed by atoms with van der Waals surface area (Å²) in [5.74, 6) is 1.83. The third kappa shape index (κ3) is 12.7. The molecule has 0 N–H and O–H groups in total. The Bertz CT molecular complexity index is 147. The molecule has 0 bridgehead atoms. The van der Waals surface area contributed by atoms with Crippen LogP contribution in [-0.2, 0) is 4.74 Å². The van der Waals surface area contributed by atoms with Crippen LogP contribution in [0.2, 0.25) is 15.8 Å². The highest BCUT2D eigenvalue weighted by molar-refractivity contribution is 6.58. The van der Waals surface area contributed by atoms with Crippen LogP contribution in [0.15, 0.2) is 0 Å². The summed E-state index contributed by atoms with van der Waals surface area (Å²) in [6, 6.07) is 0. The van der Waals surface area contributed by atoms with Gasteiger partial charge in [-0.25, -0.2) is 0 Å². The van der Waals surface area contributed by atoms with E-state index in [1.807, 2.05) is 0 Å². The molecule has 0 aromatic heterocycles. The molecule has 0 aromatic rings. The molecule has 0 aromatic carbocycles. The van der Waals surface area contributed by atoms with Gasteiger partial charge >= 0.3 is 0 Å². The Hall–Kier alpha value is 0.492. The van der Waals surface area contributed by atoms with Gasteiger partial charge in [0, 0.05) is 13.7 Å². The lowest BCUT2D eigenvalue weighted by Gasteiger charge is -2.16. The zero-order valence-corrected chi connectivity index (χ0v) is 14.0. The van der Waals surface area contributed by atoms with Crippen molar-refractivity contribution in [3.8, 4) is 0 Å². The fourth-order valence-corrected chi connectivity index (χ4v) is 6.89. The molecule has 0 aliphatic rings. The highest BCUT2D eigenvalue weighted by Gasteiger charge is 2.18. The van der Waals surface area contributed by atoms with E-state index in [1.54, 1.807) is 23.0 Å². The molecule has 1 nitrogen and oxygen atoms in total. The van der Waals surface area contributed by atoms with Gasteiger partial charge in [-0.05, 0) is 6.42 Å². The first-order valence-corrected chi connectivity index (χ1v) is 10.00. The lowest BCUT2D eigenvalue weighted by molar-refractivity contribution is 0.192. The molecule has 0 unspecified atom stereocenters. The highest BCUT2D eigenvalue weighted by atomic mass is 27.2. The maximum absolute atomic E-state index is 5.08. The SMILES string of the molecule is COCCCCC[CH2][Al]([CH2]C(C)C)[CH2]C(C)C. The monoisotopic (exact) mass is 256 g/mol. The Morgan fingerprint density at radius 3 is 1.82 bits per heavy atom. The van der Waals surface area contributed by atoms with Crippen molar-refractivity contribution in [3.05, 3.63) is 0 Å². The van der Waals surface area contributed by atoms with Crippen LogP contribution in [0.5, 0.6) is 0 Å². The van der Waals surface area contributed by atoms with E-state index in [0.717, 1.165) is 18.4 Å². The van der Waals surface area contributed by atoms with Gasteiger partial charge in [0.15, 0.2) is 0 Å². The summed E-state index contributed by atoms with van der Waals surface area (Å²) in [5, 5.41) is 4.68. The summed E-state index contributed by atoms with van der Waals surface area (Å²) in [6.07, 6.45) is 5.50. The van der Waals surface area contributed by atoms with Crippen molar-refractivity contribution >= 4 is 14.1 Å². The predicted octanol–water partition coefficient (Wildman–Crippen LogP) is 5.00. The highest BCUT2D eigenvalue weighted by Crippen LogP contribution is 2.20. The second-order valence-corrected chi connectivity index (χ2v) is 9.57. The molecule has 102 valence electrons. The Morgan fingerprint density at radius 2 is 1.35 bits per heavy atom. The van der Waals surface area contributed by atoms with Gasteiger partial charge in [-0.3, -0.25) is 0 Å². The molecule has 0 heterocycles. The number of ether oxygens (including phenoxy) is 1. The second-order valence-electron chi connectivity index (χ2n) is 6.32. The Morgan fingerprint density at radius 1 is 0.824 bits per heavy atom. The molecule has 17 heavy (non-hydrogen) atoms. The molecule has 0 saturated heterocycles. The van der Waals surface area contributed by atoms with Crippen LogP contribution in [-0.4, -0.2) is 27.9 Å². The fourth-order valence-electron chi connectivity index (χ4n) is 2.70. The van der Waals surface area contributed by atoms with E-state index in [4.69, 9.17) is 4.74 Å². The third-order valence-electron chi connectivity index (χ3n) is 3.32. The van der Waals surface area contributed by atoms with Gasteiger partial charge in [0.2, 0.25) is 0 Å². The maximum atomic E-state index is 5.08. The van der Waals surface area contributed by atoms with Crippen molar-refractivity contribution < 1.29 is 4.74 Å². The maximum Gasteiger partial charge on any atom is 0.262 e. The van der Waals surface area contributed by atoms with Crippen molar-refractivity contribution in [1.29, 1.82) is 0 Å². The molecule has 0 saturated carbocycles. The van der Waals surface area contributed by atoms with Crippen molar-refractivity contribution in [2.24, 2.45) is 11.8 Å². The van der Waals surface area contributed by atoms with Crippen molar-refractivity contribution in [2.45, 2.75) is 69.2 Å². The van der Waals surface area contributed by atoms with Gasteiger partial charge in [-0.2, -0.15) is 0 Å². The molecular weight excluding hydrogens is 223 g/mol. The summed E-state index contributed by atoms with van der Waals surface area (Å²) in [6.45, 7) is 10.5. The van der Waals surface area contributed by atoms with E-state index in [1.165, 1.54) is 25.7 Å². The van der Waals surface area contributed by atoms with Crippen molar-refractivity contribution in [2.75, 3.05) is 13.7 Å². The normalized spacial score (nSPS) is 11.5. The molecule has 0 aliphatic carbocycles. The van der Waals surface area contributed by atoms with Crippen LogP contribution < -0.4 is 0 Å². The minimum absolute atomic E-state index is 0.440. The predicted molar refractivity (Wildman–Crippen MR) is 80.2 cm³/mol. The summed E-state index contributed by atoms with van der Waals surface area (Å²) < 4.78 is 5.08. The molecule has 0 amide bonds. The quantitative estimate of drug-likeness (QED) is 0.373. The third-order valence-corrected chi connectivity index (χ3v) is 7.76. The van der Waals surface area contributed by atoms with Crippen LogP contribution in [0, 0.1) is 11.8 Å². The topological polar surface area (TPSA) is 9.23 Å². The van der Waals surface area contributed by atoms with Gasteiger partial charge < -0.3 is 4.74 Å². The smallest absolute Gasteiger partial charge is 0.262 e. The van der Waals surface area contributed by atoms with E-state index >= 15 is 0 Å². The van der Waals surface area contributed by atoms with Gasteiger partial charge in [0.1, 0.15) is 0 Å². The Labute approximate surface area is 114 Å². The lowest BCUT2D eigenvalue weighted by Crippen LogP contribution is -2.17. The summed E-state index contributed by atoms with van der Waals surface area (Å²) >= 11 is -0.440. The number of hydrogen-bond acceptors (Lipinski definition) is 1. The zero-order chi connectivity index (χ0) is 13.1. The van der Waals surface area contributed by atoms with E-state index in [9.17, 15) is 0 Å². The summed E-state index contributed by atoms with van der Waals surface area (Å²) in [4.78, 5) is 0. The van der Waals surface area contributed by atoms with Crippen LogP contribution >= 0.6 is 0 Å². The molecular formula is C15H33AlO. The van der Waals surface area contributed by atoms with Gasteiger partial charge in [-0.15, -0.1) is 0 Å². The second kappa shape index (κ2) is 11.6. The molecule has 0 spiro atoms. The zero-order valence-electron chi connectivity index (χ0n) is 12.8. The Kier molecular flexibility index (Phi) is 11.9. The van der Waals surface area contributed by atoms with Gasteiger partial charge in [0.05, 0.1) is 0 Å². The minimum Gasteiger partial charge on any atom is -0.385 e. The average Bonchev–Trinajstić information content (AvgIpc) is 2.21. The van der Waals surface area contributed by atoms with Crippen LogP contribution in [0.4, 0.5) is 0 Å². The Balaban J connectivity index is 3.60. The van der Waals surface area contributed by atoms with Gasteiger partial charge in [0.25, 0.3) is 14.1 Å². The number of unbranched alkanes of at least 4 members (excludes halogenated alkanes) is 3. The molecule has 0 atom stereocenters. The van der Waals surface area contributed by atoms with E-state index in [-0.39, 0.29) is 0 Å². The number of rotatable bonds is 11. The summed E-state index contributed by atoms with van der Waals surface area (Å²) in [5.41, 5.74) is 0. The number of methoxy groups -OCH3 is 1. The first-order chi connectivity index (χ1) is 8.06. The molecule has 0 aliphatic heterocycles. The first-order valence-electron chi connectivity index (χ1n) is 7.55. The van der Waals surface area contributed by atoms with Crippen LogP contribution in [0.25, 0.3) is 0 Å². The van der Waals surface area contributed by atoms with Crippen molar-refractivity contribution in [1.82, 2.24) is 0 Å². The van der Waals surface area contributed by atoms with Crippen molar-refractivity contribution in [3.63, 3.8) is 0 Å². The molecule has 2 heteroatoms. The molecule has 0 radical (unpaired) electrons. The van der Waals surface area contributed by atoms with E-state index in [2.05, 4.69) is 27.7 Å². The molecule has 0 rings (SSSR count). The largest absolute Gasteiger partial charge is 0.385 e. The van der Waals surface area contributed by atoms with E-state index in [0.29, 0.717) is 0 Å². The van der Waals surface area contributed by atoms with Crippen LogP contribution in [0.1, 0.15) is 53.4 Å². The van der Waals surface area contributed by atoms with E-state index < -0.39 is 14.1 Å². The van der Waals surface area contributed by atoms with Crippen LogP contribution in [0.3, 0.4) is 0 Å².